The minimum Gasteiger partial charge on any atom is -0.496 e. The summed E-state index contributed by atoms with van der Waals surface area (Å²) in [5.41, 5.74) is 0.840. The molecule has 2 aliphatic rings. The first-order chi connectivity index (χ1) is 9.72. The van der Waals surface area contributed by atoms with Gasteiger partial charge in [-0.05, 0) is 49.9 Å². The fourth-order valence-corrected chi connectivity index (χ4v) is 3.46. The van der Waals surface area contributed by atoms with E-state index in [0.29, 0.717) is 17.1 Å². The van der Waals surface area contributed by atoms with Gasteiger partial charge >= 0.3 is 0 Å². The molecule has 1 heterocycles. The number of nitrogens with one attached hydrogen (secondary N) is 1. The summed E-state index contributed by atoms with van der Waals surface area (Å²) in [7, 11) is 3.19. The summed E-state index contributed by atoms with van der Waals surface area (Å²) in [5, 5.41) is 3.36. The third-order valence-corrected chi connectivity index (χ3v) is 4.78. The Balaban J connectivity index is 1.88. The molecule has 20 heavy (non-hydrogen) atoms. The van der Waals surface area contributed by atoms with Crippen LogP contribution in [0.15, 0.2) is 18.2 Å². The largest absolute Gasteiger partial charge is 0.496 e. The van der Waals surface area contributed by atoms with Gasteiger partial charge in [0.05, 0.1) is 14.2 Å². The number of carbonyl (C=O) groups is 1. The normalized spacial score (nSPS) is 23.4. The molecule has 1 aliphatic heterocycles. The maximum Gasteiger partial charge on any atom is 0.174 e. The van der Waals surface area contributed by atoms with Crippen LogP contribution in [0.1, 0.15) is 29.6 Å². The molecule has 4 nitrogen and oxygen atoms in total. The molecule has 1 aromatic rings. The number of hydrogen-bond acceptors (Lipinski definition) is 4. The first-order valence-electron chi connectivity index (χ1n) is 7.18. The van der Waals surface area contributed by atoms with E-state index >= 15 is 0 Å². The van der Waals surface area contributed by atoms with Gasteiger partial charge in [0.2, 0.25) is 0 Å². The average molecular weight is 275 g/mol. The average Bonchev–Trinajstić information content (AvgIpc) is 3.19. The second-order valence-electron chi connectivity index (χ2n) is 5.77. The second-order valence-corrected chi connectivity index (χ2v) is 5.77. The van der Waals surface area contributed by atoms with E-state index in [-0.39, 0.29) is 17.1 Å². The van der Waals surface area contributed by atoms with Gasteiger partial charge in [-0.15, -0.1) is 0 Å². The molecule has 1 unspecified atom stereocenters. The van der Waals surface area contributed by atoms with Crippen molar-refractivity contribution in [3.05, 3.63) is 23.8 Å². The van der Waals surface area contributed by atoms with Crippen LogP contribution >= 0.6 is 0 Å². The highest BCUT2D eigenvalue weighted by Gasteiger charge is 2.58. The van der Waals surface area contributed by atoms with Crippen molar-refractivity contribution in [2.24, 2.45) is 11.3 Å². The lowest BCUT2D eigenvalue weighted by Gasteiger charge is -2.23. The number of ketones is 1. The SMILES string of the molecule is COc1cccc(OC)c1C(=O)C1CC12CCNCC2. The number of piperidine rings is 1. The van der Waals surface area contributed by atoms with Gasteiger partial charge in [0.15, 0.2) is 5.78 Å². The number of benzene rings is 1. The highest BCUT2D eigenvalue weighted by molar-refractivity contribution is 6.04. The van der Waals surface area contributed by atoms with Crippen molar-refractivity contribution in [2.75, 3.05) is 27.3 Å². The Kier molecular flexibility index (Phi) is 3.42. The number of carbonyl (C=O) groups excluding carboxylic acids is 1. The minimum atomic E-state index is 0.134. The van der Waals surface area contributed by atoms with E-state index in [4.69, 9.17) is 9.47 Å². The molecule has 0 radical (unpaired) electrons. The number of hydrogen-bond donors (Lipinski definition) is 1. The molecule has 1 saturated heterocycles. The first-order valence-corrected chi connectivity index (χ1v) is 7.18. The third-order valence-electron chi connectivity index (χ3n) is 4.78. The van der Waals surface area contributed by atoms with E-state index in [0.717, 1.165) is 32.4 Å². The summed E-state index contributed by atoms with van der Waals surface area (Å²) < 4.78 is 10.7. The summed E-state index contributed by atoms with van der Waals surface area (Å²) in [6.07, 6.45) is 3.20. The molecule has 0 amide bonds. The fourth-order valence-electron chi connectivity index (χ4n) is 3.46. The van der Waals surface area contributed by atoms with Crippen molar-refractivity contribution in [1.82, 2.24) is 5.32 Å². The predicted molar refractivity (Wildman–Crippen MR) is 76.5 cm³/mol. The molecule has 3 rings (SSSR count). The van der Waals surface area contributed by atoms with Crippen LogP contribution < -0.4 is 14.8 Å². The van der Waals surface area contributed by atoms with Crippen LogP contribution in [0.25, 0.3) is 0 Å². The molecule has 1 spiro atoms. The lowest BCUT2D eigenvalue weighted by atomic mass is 9.89. The summed E-state index contributed by atoms with van der Waals surface area (Å²) in [6.45, 7) is 2.04. The number of methoxy groups -OCH3 is 2. The molecule has 1 N–H and O–H groups in total. The van der Waals surface area contributed by atoms with Crippen molar-refractivity contribution < 1.29 is 14.3 Å². The molecular formula is C16H21NO3. The summed E-state index contributed by atoms with van der Waals surface area (Å²) in [5.74, 6) is 1.55. The summed E-state index contributed by atoms with van der Waals surface area (Å²) in [4.78, 5) is 12.9. The van der Waals surface area contributed by atoms with Crippen LogP contribution in [0.3, 0.4) is 0 Å². The predicted octanol–water partition coefficient (Wildman–Crippen LogP) is 2.28. The quantitative estimate of drug-likeness (QED) is 0.856. The fraction of sp³-hybridized carbons (Fsp3) is 0.562. The number of ether oxygens (including phenoxy) is 2. The molecule has 1 saturated carbocycles. The van der Waals surface area contributed by atoms with Gasteiger partial charge in [-0.3, -0.25) is 4.79 Å². The standard InChI is InChI=1S/C16H21NO3/c1-19-12-4-3-5-13(20-2)14(12)15(18)11-10-16(11)6-8-17-9-7-16/h3-5,11,17H,6-10H2,1-2H3. The van der Waals surface area contributed by atoms with Crippen LogP contribution in [0.2, 0.25) is 0 Å². The van der Waals surface area contributed by atoms with Gasteiger partial charge in [0.25, 0.3) is 0 Å². The Morgan fingerprint density at radius 1 is 1.20 bits per heavy atom. The van der Waals surface area contributed by atoms with E-state index in [1.807, 2.05) is 18.2 Å². The van der Waals surface area contributed by atoms with Crippen molar-refractivity contribution in [3.8, 4) is 11.5 Å². The molecule has 0 bridgehead atoms. The van der Waals surface area contributed by atoms with E-state index in [1.54, 1.807) is 14.2 Å². The Labute approximate surface area is 119 Å². The van der Waals surface area contributed by atoms with Crippen LogP contribution in [0.5, 0.6) is 11.5 Å². The monoisotopic (exact) mass is 275 g/mol. The van der Waals surface area contributed by atoms with Gasteiger partial charge in [-0.2, -0.15) is 0 Å². The van der Waals surface area contributed by atoms with Crippen molar-refractivity contribution in [2.45, 2.75) is 19.3 Å². The maximum atomic E-state index is 12.9. The Morgan fingerprint density at radius 2 is 1.80 bits per heavy atom. The van der Waals surface area contributed by atoms with E-state index in [9.17, 15) is 4.79 Å². The number of Topliss-reactive ketones (excluding diaryl/α,β-unsaturated/α-hetero) is 1. The van der Waals surface area contributed by atoms with E-state index in [1.165, 1.54) is 0 Å². The Hall–Kier alpha value is -1.55. The zero-order chi connectivity index (χ0) is 14.2. The lowest BCUT2D eigenvalue weighted by Crippen LogP contribution is -2.30. The molecule has 1 aromatic carbocycles. The van der Waals surface area contributed by atoms with Gasteiger partial charge in [0.1, 0.15) is 17.1 Å². The smallest absolute Gasteiger partial charge is 0.174 e. The number of rotatable bonds is 4. The molecule has 108 valence electrons. The molecule has 2 fully saturated rings. The van der Waals surface area contributed by atoms with Crippen LogP contribution in [-0.2, 0) is 0 Å². The lowest BCUT2D eigenvalue weighted by molar-refractivity contribution is 0.0934. The second kappa shape index (κ2) is 5.09. The zero-order valence-corrected chi connectivity index (χ0v) is 12.1. The van der Waals surface area contributed by atoms with Crippen molar-refractivity contribution >= 4 is 5.78 Å². The molecule has 1 atom stereocenters. The third kappa shape index (κ3) is 2.08. The van der Waals surface area contributed by atoms with Crippen LogP contribution in [-0.4, -0.2) is 33.1 Å². The molecule has 4 heteroatoms. The first kappa shape index (κ1) is 13.4. The van der Waals surface area contributed by atoms with Crippen molar-refractivity contribution in [1.29, 1.82) is 0 Å². The van der Waals surface area contributed by atoms with Gasteiger partial charge in [-0.25, -0.2) is 0 Å². The van der Waals surface area contributed by atoms with E-state index in [2.05, 4.69) is 5.32 Å². The zero-order valence-electron chi connectivity index (χ0n) is 12.1. The maximum absolute atomic E-state index is 12.9. The summed E-state index contributed by atoms with van der Waals surface area (Å²) in [6, 6.07) is 5.50. The van der Waals surface area contributed by atoms with Crippen molar-refractivity contribution in [3.63, 3.8) is 0 Å². The van der Waals surface area contributed by atoms with Crippen LogP contribution in [0.4, 0.5) is 0 Å². The molecule has 0 aromatic heterocycles. The summed E-state index contributed by atoms with van der Waals surface area (Å²) >= 11 is 0. The minimum absolute atomic E-state index is 0.134. The van der Waals surface area contributed by atoms with Gasteiger partial charge < -0.3 is 14.8 Å². The van der Waals surface area contributed by atoms with Gasteiger partial charge in [0, 0.05) is 5.92 Å². The molecular weight excluding hydrogens is 254 g/mol. The highest BCUT2D eigenvalue weighted by atomic mass is 16.5. The van der Waals surface area contributed by atoms with E-state index < -0.39 is 0 Å². The topological polar surface area (TPSA) is 47.6 Å². The molecule has 1 aliphatic carbocycles. The Morgan fingerprint density at radius 3 is 2.35 bits per heavy atom. The van der Waals surface area contributed by atoms with Gasteiger partial charge in [-0.1, -0.05) is 6.07 Å². The highest BCUT2D eigenvalue weighted by Crippen LogP contribution is 2.60. The van der Waals surface area contributed by atoms with Crippen LogP contribution in [0, 0.1) is 11.3 Å². The Bertz CT molecular complexity index is 498.